The Bertz CT molecular complexity index is 1380. The van der Waals surface area contributed by atoms with Crippen molar-refractivity contribution in [1.29, 1.82) is 0 Å². The molecule has 0 aliphatic heterocycles. The molecular weight excluding hydrogens is 436 g/mol. The Morgan fingerprint density at radius 2 is 1.58 bits per heavy atom. The molecule has 0 unspecified atom stereocenters. The molecule has 3 aromatic carbocycles. The van der Waals surface area contributed by atoms with Gasteiger partial charge in [-0.15, -0.1) is 6.42 Å². The Morgan fingerprint density at radius 3 is 2.24 bits per heavy atom. The molecule has 33 heavy (non-hydrogen) atoms. The molecule has 0 saturated carbocycles. The number of nitrogens with one attached hydrogen (secondary N) is 2. The highest BCUT2D eigenvalue weighted by atomic mass is 32.2. The van der Waals surface area contributed by atoms with Crippen molar-refractivity contribution in [3.05, 3.63) is 95.6 Å². The van der Waals surface area contributed by atoms with Crippen molar-refractivity contribution in [3.8, 4) is 23.5 Å². The van der Waals surface area contributed by atoms with Crippen LogP contribution in [0.3, 0.4) is 0 Å². The van der Waals surface area contributed by atoms with Crippen LogP contribution in [-0.2, 0) is 14.8 Å². The molecular formula is C26H22N2O4S. The fraction of sp³-hybridized carbons (Fsp3) is 0.0769. The maximum absolute atomic E-state index is 13.0. The second-order valence-corrected chi connectivity index (χ2v) is 9.06. The van der Waals surface area contributed by atoms with Gasteiger partial charge in [-0.25, -0.2) is 13.1 Å². The first-order chi connectivity index (χ1) is 15.7. The average Bonchev–Trinajstić information content (AvgIpc) is 2.78. The van der Waals surface area contributed by atoms with Gasteiger partial charge < -0.3 is 5.32 Å². The van der Waals surface area contributed by atoms with Crippen molar-refractivity contribution in [2.75, 3.05) is 5.32 Å². The largest absolute Gasteiger partial charge is 0.321 e. The number of carbonyl (C=O) groups is 2. The number of terminal acetylenes is 1. The first kappa shape index (κ1) is 23.5. The molecule has 0 bridgehead atoms. The lowest BCUT2D eigenvalue weighted by Gasteiger charge is -2.13. The highest BCUT2D eigenvalue weighted by molar-refractivity contribution is 7.90. The highest BCUT2D eigenvalue weighted by Gasteiger charge is 2.22. The second kappa shape index (κ2) is 9.98. The van der Waals surface area contributed by atoms with Gasteiger partial charge in [0, 0.05) is 11.6 Å². The van der Waals surface area contributed by atoms with E-state index in [1.807, 2.05) is 35.1 Å². The summed E-state index contributed by atoms with van der Waals surface area (Å²) in [4.78, 5) is 24.7. The predicted molar refractivity (Wildman–Crippen MR) is 129 cm³/mol. The molecule has 0 fully saturated rings. The zero-order valence-electron chi connectivity index (χ0n) is 18.1. The second-order valence-electron chi connectivity index (χ2n) is 7.41. The third-order valence-corrected chi connectivity index (χ3v) is 6.01. The molecule has 0 aliphatic carbocycles. The number of hydrogen-bond acceptors (Lipinski definition) is 4. The number of carbonyl (C=O) groups excluding carboxylic acids is 2. The average molecular weight is 459 g/mol. The van der Waals surface area contributed by atoms with Crippen molar-refractivity contribution >= 4 is 27.5 Å². The van der Waals surface area contributed by atoms with Gasteiger partial charge in [0.2, 0.25) is 0 Å². The lowest BCUT2D eigenvalue weighted by Crippen LogP contribution is -2.30. The molecule has 0 radical (unpaired) electrons. The normalized spacial score (nSPS) is 10.6. The number of sulfonamides is 1. The van der Waals surface area contributed by atoms with Crippen LogP contribution in [0.5, 0.6) is 0 Å². The lowest BCUT2D eigenvalue weighted by atomic mass is 9.99. The van der Waals surface area contributed by atoms with E-state index in [0.717, 1.165) is 11.1 Å². The Morgan fingerprint density at radius 1 is 0.909 bits per heavy atom. The minimum Gasteiger partial charge on any atom is -0.321 e. The molecule has 0 aromatic heterocycles. The first-order valence-electron chi connectivity index (χ1n) is 9.99. The van der Waals surface area contributed by atoms with E-state index in [-0.39, 0.29) is 16.1 Å². The summed E-state index contributed by atoms with van der Waals surface area (Å²) in [6.45, 7) is 3.35. The summed E-state index contributed by atoms with van der Waals surface area (Å²) in [5, 5.41) is 2.60. The van der Waals surface area contributed by atoms with Crippen LogP contribution in [0.4, 0.5) is 5.69 Å². The van der Waals surface area contributed by atoms with E-state index in [1.165, 1.54) is 24.3 Å². The van der Waals surface area contributed by atoms with Gasteiger partial charge in [-0.05, 0) is 49.2 Å². The Labute approximate surface area is 193 Å². The van der Waals surface area contributed by atoms with Gasteiger partial charge in [-0.2, -0.15) is 0 Å². The van der Waals surface area contributed by atoms with Crippen LogP contribution >= 0.6 is 0 Å². The fourth-order valence-corrected chi connectivity index (χ4v) is 4.24. The van der Waals surface area contributed by atoms with E-state index in [4.69, 9.17) is 6.42 Å². The Balaban J connectivity index is 1.91. The van der Waals surface area contributed by atoms with Gasteiger partial charge in [0.1, 0.15) is 4.90 Å². The van der Waals surface area contributed by atoms with Crippen molar-refractivity contribution < 1.29 is 18.0 Å². The highest BCUT2D eigenvalue weighted by Crippen LogP contribution is 2.25. The zero-order chi connectivity index (χ0) is 24.0. The maximum atomic E-state index is 13.0. The molecule has 3 rings (SSSR count). The summed E-state index contributed by atoms with van der Waals surface area (Å²) < 4.78 is 27.5. The first-order valence-corrected chi connectivity index (χ1v) is 11.5. The van der Waals surface area contributed by atoms with E-state index in [1.54, 1.807) is 38.1 Å². The van der Waals surface area contributed by atoms with Crippen LogP contribution in [0.25, 0.3) is 11.1 Å². The molecule has 2 N–H and O–H groups in total. The summed E-state index contributed by atoms with van der Waals surface area (Å²) in [5.41, 5.74) is 3.05. The summed E-state index contributed by atoms with van der Waals surface area (Å²) in [6.07, 6.45) is 6.82. The standard InChI is InChI=1S/C26H22N2O4S/c1-4-19-17-21(20-10-6-5-7-11-20)14-15-22(19)26(30)27-23-12-8-9-13-24(23)33(31,32)28-25(29)16-18(2)3/h1,5-17H,2-3H3,(H,27,30)(H,28,29). The van der Waals surface area contributed by atoms with Crippen LogP contribution in [-0.4, -0.2) is 20.2 Å². The summed E-state index contributed by atoms with van der Waals surface area (Å²) >= 11 is 0. The minimum atomic E-state index is -4.22. The number of rotatable bonds is 6. The number of hydrogen-bond donors (Lipinski definition) is 2. The molecule has 6 nitrogen and oxygen atoms in total. The fourth-order valence-electron chi connectivity index (χ4n) is 3.14. The molecule has 0 atom stereocenters. The van der Waals surface area contributed by atoms with Crippen molar-refractivity contribution in [3.63, 3.8) is 0 Å². The predicted octanol–water partition coefficient (Wildman–Crippen LogP) is 4.36. The number of amides is 2. The number of benzene rings is 3. The van der Waals surface area contributed by atoms with Crippen LogP contribution < -0.4 is 10.0 Å². The van der Waals surface area contributed by atoms with E-state index >= 15 is 0 Å². The molecule has 0 saturated heterocycles. The van der Waals surface area contributed by atoms with Crippen LogP contribution in [0.2, 0.25) is 0 Å². The van der Waals surface area contributed by atoms with Gasteiger partial charge >= 0.3 is 0 Å². The zero-order valence-corrected chi connectivity index (χ0v) is 18.9. The van der Waals surface area contributed by atoms with E-state index in [2.05, 4.69) is 11.2 Å². The molecule has 0 spiro atoms. The molecule has 166 valence electrons. The van der Waals surface area contributed by atoms with Crippen LogP contribution in [0.15, 0.2) is 89.3 Å². The summed E-state index contributed by atoms with van der Waals surface area (Å²) in [6, 6.07) is 20.5. The molecule has 0 heterocycles. The minimum absolute atomic E-state index is 0.0232. The molecule has 3 aromatic rings. The van der Waals surface area contributed by atoms with Crippen LogP contribution in [0, 0.1) is 12.3 Å². The summed E-state index contributed by atoms with van der Waals surface area (Å²) in [5.74, 6) is 1.17. The van der Waals surface area contributed by atoms with E-state index in [9.17, 15) is 18.0 Å². The van der Waals surface area contributed by atoms with Gasteiger partial charge in [0.05, 0.1) is 11.3 Å². The Kier molecular flexibility index (Phi) is 7.11. The third kappa shape index (κ3) is 5.76. The maximum Gasteiger partial charge on any atom is 0.266 e. The van der Waals surface area contributed by atoms with Crippen molar-refractivity contribution in [2.24, 2.45) is 0 Å². The van der Waals surface area contributed by atoms with Crippen molar-refractivity contribution in [2.45, 2.75) is 18.7 Å². The number of anilines is 1. The van der Waals surface area contributed by atoms with Gasteiger partial charge in [-0.1, -0.05) is 60.0 Å². The van der Waals surface area contributed by atoms with E-state index < -0.39 is 21.8 Å². The Hall–Kier alpha value is -4.15. The van der Waals surface area contributed by atoms with Crippen molar-refractivity contribution in [1.82, 2.24) is 4.72 Å². The van der Waals surface area contributed by atoms with Crippen LogP contribution in [0.1, 0.15) is 29.8 Å². The third-order valence-electron chi connectivity index (χ3n) is 4.61. The topological polar surface area (TPSA) is 92.3 Å². The lowest BCUT2D eigenvalue weighted by molar-refractivity contribution is -0.114. The number of para-hydroxylation sites is 1. The smallest absolute Gasteiger partial charge is 0.266 e. The van der Waals surface area contributed by atoms with Gasteiger partial charge in [0.25, 0.3) is 21.8 Å². The SMILES string of the molecule is C#Cc1cc(-c2ccccc2)ccc1C(=O)Nc1ccccc1S(=O)(=O)NC(=O)C=C(C)C. The number of allylic oxidation sites excluding steroid dienone is 1. The quantitative estimate of drug-likeness (QED) is 0.424. The van der Waals surface area contributed by atoms with Gasteiger partial charge in [0.15, 0.2) is 0 Å². The van der Waals surface area contributed by atoms with Gasteiger partial charge in [-0.3, -0.25) is 9.59 Å². The molecule has 0 aliphatic rings. The monoisotopic (exact) mass is 458 g/mol. The van der Waals surface area contributed by atoms with E-state index in [0.29, 0.717) is 11.1 Å². The summed E-state index contributed by atoms with van der Waals surface area (Å²) in [7, 11) is -4.22. The molecule has 2 amide bonds. The molecule has 7 heteroatoms.